The number of benzene rings is 1. The highest BCUT2D eigenvalue weighted by Crippen LogP contribution is 2.09. The number of amides is 1. The summed E-state index contributed by atoms with van der Waals surface area (Å²) in [5, 5.41) is 2.65. The molecule has 0 saturated heterocycles. The number of rotatable bonds is 5. The summed E-state index contributed by atoms with van der Waals surface area (Å²) in [7, 11) is 1.83. The minimum absolute atomic E-state index is 0.189. The molecule has 0 spiro atoms. The van der Waals surface area contributed by atoms with Crippen LogP contribution in [-0.2, 0) is 11.3 Å². The summed E-state index contributed by atoms with van der Waals surface area (Å²) in [5.41, 5.74) is 0.939. The number of likely N-dealkylation sites (N-methyl/N-ethyl adjacent to an activating group) is 1. The molecule has 0 radical (unpaired) electrons. The van der Waals surface area contributed by atoms with Crippen molar-refractivity contribution < 1.29 is 9.18 Å². The van der Waals surface area contributed by atoms with Crippen molar-refractivity contribution >= 4 is 11.9 Å². The Hall–Kier alpha value is -2.34. The molecule has 5 nitrogen and oxygen atoms in total. The molecule has 2 rings (SSSR count). The molecule has 110 valence electrons. The van der Waals surface area contributed by atoms with Crippen LogP contribution in [0.5, 0.6) is 0 Å². The Morgan fingerprint density at radius 2 is 1.90 bits per heavy atom. The first kappa shape index (κ1) is 15.1. The SMILES string of the molecule is C[C@@H](C(=O)Nc1ncccn1)N(C)Cc1ccc(F)cc1. The average molecular weight is 288 g/mol. The Morgan fingerprint density at radius 3 is 2.52 bits per heavy atom. The molecule has 0 fully saturated rings. The first-order chi connectivity index (χ1) is 10.1. The topological polar surface area (TPSA) is 58.1 Å². The number of hydrogen-bond donors (Lipinski definition) is 1. The lowest BCUT2D eigenvalue weighted by molar-refractivity contribution is -0.120. The van der Waals surface area contributed by atoms with E-state index in [1.54, 1.807) is 37.5 Å². The minimum atomic E-state index is -0.362. The zero-order valence-electron chi connectivity index (χ0n) is 12.0. The third kappa shape index (κ3) is 4.32. The lowest BCUT2D eigenvalue weighted by Crippen LogP contribution is -2.39. The number of carbonyl (C=O) groups excluding carboxylic acids is 1. The highest BCUT2D eigenvalue weighted by atomic mass is 19.1. The number of anilines is 1. The molecule has 0 saturated carbocycles. The van der Waals surface area contributed by atoms with Gasteiger partial charge < -0.3 is 0 Å². The standard InChI is InChI=1S/C15H17FN4O/c1-11(14(21)19-15-17-8-3-9-18-15)20(2)10-12-4-6-13(16)7-5-12/h3-9,11H,10H2,1-2H3,(H,17,18,19,21)/t11-/m0/s1. The molecule has 21 heavy (non-hydrogen) atoms. The molecule has 0 aliphatic heterocycles. The van der Waals surface area contributed by atoms with Gasteiger partial charge in [0.05, 0.1) is 6.04 Å². The van der Waals surface area contributed by atoms with Gasteiger partial charge in [-0.05, 0) is 37.7 Å². The molecule has 1 aromatic heterocycles. The molecule has 0 aliphatic carbocycles. The van der Waals surface area contributed by atoms with Crippen LogP contribution in [-0.4, -0.2) is 33.9 Å². The summed E-state index contributed by atoms with van der Waals surface area (Å²) >= 11 is 0. The predicted octanol–water partition coefficient (Wildman–Crippen LogP) is 2.07. The van der Waals surface area contributed by atoms with Gasteiger partial charge in [-0.1, -0.05) is 12.1 Å². The second kappa shape index (κ2) is 6.90. The molecule has 1 heterocycles. The van der Waals surface area contributed by atoms with Crippen molar-refractivity contribution in [3.8, 4) is 0 Å². The molecule has 0 unspecified atom stereocenters. The largest absolute Gasteiger partial charge is 0.293 e. The van der Waals surface area contributed by atoms with E-state index in [1.807, 2.05) is 11.9 Å². The predicted molar refractivity (Wildman–Crippen MR) is 78.0 cm³/mol. The van der Waals surface area contributed by atoms with E-state index >= 15 is 0 Å². The van der Waals surface area contributed by atoms with E-state index in [0.717, 1.165) is 5.56 Å². The number of carbonyl (C=O) groups is 1. The molecular formula is C15H17FN4O. The van der Waals surface area contributed by atoms with Crippen LogP contribution in [0.15, 0.2) is 42.7 Å². The fourth-order valence-electron chi connectivity index (χ4n) is 1.79. The van der Waals surface area contributed by atoms with Crippen LogP contribution in [0, 0.1) is 5.82 Å². The van der Waals surface area contributed by atoms with Crippen molar-refractivity contribution in [2.75, 3.05) is 12.4 Å². The Balaban J connectivity index is 1.93. The normalized spacial score (nSPS) is 12.2. The third-order valence-corrected chi connectivity index (χ3v) is 3.19. The minimum Gasteiger partial charge on any atom is -0.293 e. The Kier molecular flexibility index (Phi) is 4.94. The summed E-state index contributed by atoms with van der Waals surface area (Å²) in [5.74, 6) is -0.177. The van der Waals surface area contributed by atoms with Crippen molar-refractivity contribution in [1.29, 1.82) is 0 Å². The summed E-state index contributed by atoms with van der Waals surface area (Å²) in [6, 6.07) is 7.55. The van der Waals surface area contributed by atoms with Gasteiger partial charge in [0, 0.05) is 18.9 Å². The van der Waals surface area contributed by atoms with Gasteiger partial charge in [0.1, 0.15) is 5.82 Å². The second-order valence-electron chi connectivity index (χ2n) is 4.78. The molecule has 2 aromatic rings. The van der Waals surface area contributed by atoms with Crippen molar-refractivity contribution in [2.24, 2.45) is 0 Å². The maximum absolute atomic E-state index is 12.9. The maximum atomic E-state index is 12.9. The van der Waals surface area contributed by atoms with E-state index in [2.05, 4.69) is 15.3 Å². The van der Waals surface area contributed by atoms with Gasteiger partial charge in [-0.15, -0.1) is 0 Å². The average Bonchev–Trinajstić information content (AvgIpc) is 2.49. The monoisotopic (exact) mass is 288 g/mol. The Morgan fingerprint density at radius 1 is 1.29 bits per heavy atom. The number of nitrogens with zero attached hydrogens (tertiary/aromatic N) is 3. The van der Waals surface area contributed by atoms with E-state index in [4.69, 9.17) is 0 Å². The first-order valence-corrected chi connectivity index (χ1v) is 6.59. The van der Waals surface area contributed by atoms with Crippen molar-refractivity contribution in [3.05, 3.63) is 54.1 Å². The summed E-state index contributed by atoms with van der Waals surface area (Å²) in [4.78, 5) is 21.9. The van der Waals surface area contributed by atoms with Gasteiger partial charge >= 0.3 is 0 Å². The number of halogens is 1. The Bertz CT molecular complexity index is 588. The van der Waals surface area contributed by atoms with E-state index in [1.165, 1.54) is 12.1 Å². The van der Waals surface area contributed by atoms with E-state index in [-0.39, 0.29) is 23.7 Å². The van der Waals surface area contributed by atoms with Crippen LogP contribution >= 0.6 is 0 Å². The van der Waals surface area contributed by atoms with Crippen LogP contribution in [0.4, 0.5) is 10.3 Å². The lowest BCUT2D eigenvalue weighted by atomic mass is 10.2. The fourth-order valence-corrected chi connectivity index (χ4v) is 1.79. The molecule has 1 N–H and O–H groups in total. The maximum Gasteiger partial charge on any atom is 0.243 e. The Labute approximate surface area is 122 Å². The quantitative estimate of drug-likeness (QED) is 0.915. The van der Waals surface area contributed by atoms with Crippen molar-refractivity contribution in [3.63, 3.8) is 0 Å². The molecule has 1 atom stereocenters. The van der Waals surface area contributed by atoms with E-state index < -0.39 is 0 Å². The van der Waals surface area contributed by atoms with Gasteiger partial charge in [0.25, 0.3) is 0 Å². The van der Waals surface area contributed by atoms with Crippen LogP contribution in [0.3, 0.4) is 0 Å². The van der Waals surface area contributed by atoms with Crippen molar-refractivity contribution in [2.45, 2.75) is 19.5 Å². The summed E-state index contributed by atoms with van der Waals surface area (Å²) < 4.78 is 12.9. The first-order valence-electron chi connectivity index (χ1n) is 6.59. The zero-order chi connectivity index (χ0) is 15.2. The van der Waals surface area contributed by atoms with Crippen LogP contribution in [0.25, 0.3) is 0 Å². The van der Waals surface area contributed by atoms with Crippen LogP contribution < -0.4 is 5.32 Å². The van der Waals surface area contributed by atoms with Gasteiger partial charge in [-0.3, -0.25) is 15.0 Å². The van der Waals surface area contributed by atoms with Crippen LogP contribution in [0.1, 0.15) is 12.5 Å². The lowest BCUT2D eigenvalue weighted by Gasteiger charge is -2.23. The molecular weight excluding hydrogens is 271 g/mol. The van der Waals surface area contributed by atoms with Gasteiger partial charge in [-0.25, -0.2) is 14.4 Å². The number of aromatic nitrogens is 2. The second-order valence-corrected chi connectivity index (χ2v) is 4.78. The highest BCUT2D eigenvalue weighted by Gasteiger charge is 2.18. The summed E-state index contributed by atoms with van der Waals surface area (Å²) in [6.07, 6.45) is 3.13. The molecule has 6 heteroatoms. The third-order valence-electron chi connectivity index (χ3n) is 3.19. The number of nitrogens with one attached hydrogen (secondary N) is 1. The highest BCUT2D eigenvalue weighted by molar-refractivity contribution is 5.92. The number of hydrogen-bond acceptors (Lipinski definition) is 4. The van der Waals surface area contributed by atoms with Gasteiger partial charge in [0.15, 0.2) is 0 Å². The van der Waals surface area contributed by atoms with E-state index in [9.17, 15) is 9.18 Å². The van der Waals surface area contributed by atoms with Crippen molar-refractivity contribution in [1.82, 2.24) is 14.9 Å². The molecule has 0 bridgehead atoms. The molecule has 0 aliphatic rings. The molecule has 1 amide bonds. The smallest absolute Gasteiger partial charge is 0.243 e. The summed E-state index contributed by atoms with van der Waals surface area (Å²) in [6.45, 7) is 2.34. The van der Waals surface area contributed by atoms with Gasteiger partial charge in [-0.2, -0.15) is 0 Å². The zero-order valence-corrected chi connectivity index (χ0v) is 12.0. The van der Waals surface area contributed by atoms with Crippen LogP contribution in [0.2, 0.25) is 0 Å². The fraction of sp³-hybridized carbons (Fsp3) is 0.267. The van der Waals surface area contributed by atoms with E-state index in [0.29, 0.717) is 6.54 Å². The van der Waals surface area contributed by atoms with Gasteiger partial charge in [0.2, 0.25) is 11.9 Å². The molecule has 1 aromatic carbocycles.